The number of amides is 1. The van der Waals surface area contributed by atoms with E-state index in [0.29, 0.717) is 5.69 Å². The molecule has 120 valence electrons. The van der Waals surface area contributed by atoms with Gasteiger partial charge in [0, 0.05) is 38.4 Å². The van der Waals surface area contributed by atoms with Crippen molar-refractivity contribution >= 4 is 5.91 Å². The fraction of sp³-hybridized carbons (Fsp3) is 0.389. The molecule has 5 heteroatoms. The van der Waals surface area contributed by atoms with E-state index in [1.54, 1.807) is 12.4 Å². The van der Waals surface area contributed by atoms with Gasteiger partial charge in [-0.25, -0.2) is 4.98 Å². The third-order valence-electron chi connectivity index (χ3n) is 4.22. The molecule has 2 heterocycles. The number of hydrogen-bond acceptors (Lipinski definition) is 4. The highest BCUT2D eigenvalue weighted by Gasteiger charge is 2.28. The zero-order valence-corrected chi connectivity index (χ0v) is 13.6. The Balaban J connectivity index is 1.62. The molecule has 1 aliphatic heterocycles. The van der Waals surface area contributed by atoms with Crippen molar-refractivity contribution in [2.75, 3.05) is 19.6 Å². The Labute approximate surface area is 137 Å². The second-order valence-electron chi connectivity index (χ2n) is 6.11. The predicted octanol–water partition coefficient (Wildman–Crippen LogP) is 2.13. The molecule has 1 aromatic carbocycles. The molecule has 0 N–H and O–H groups in total. The summed E-state index contributed by atoms with van der Waals surface area (Å²) in [5.41, 5.74) is 2.56. The summed E-state index contributed by atoms with van der Waals surface area (Å²) < 4.78 is 0. The second-order valence-corrected chi connectivity index (χ2v) is 6.11. The second kappa shape index (κ2) is 6.87. The van der Waals surface area contributed by atoms with Gasteiger partial charge in [-0.05, 0) is 19.4 Å². The molecule has 0 bridgehead atoms. The first-order valence-corrected chi connectivity index (χ1v) is 7.99. The fourth-order valence-electron chi connectivity index (χ4n) is 2.97. The van der Waals surface area contributed by atoms with Crippen molar-refractivity contribution in [3.05, 3.63) is 59.7 Å². The Morgan fingerprint density at radius 3 is 2.61 bits per heavy atom. The Kier molecular flexibility index (Phi) is 4.67. The summed E-state index contributed by atoms with van der Waals surface area (Å²) in [6.07, 6.45) is 3.21. The topological polar surface area (TPSA) is 49.3 Å². The molecule has 1 aromatic heterocycles. The zero-order valence-electron chi connectivity index (χ0n) is 13.6. The molecule has 0 aliphatic carbocycles. The van der Waals surface area contributed by atoms with Crippen LogP contribution in [-0.2, 0) is 6.54 Å². The van der Waals surface area contributed by atoms with E-state index in [2.05, 4.69) is 46.1 Å². The van der Waals surface area contributed by atoms with Gasteiger partial charge >= 0.3 is 0 Å². The first-order valence-electron chi connectivity index (χ1n) is 7.99. The molecule has 0 spiro atoms. The van der Waals surface area contributed by atoms with Crippen LogP contribution in [0.25, 0.3) is 0 Å². The van der Waals surface area contributed by atoms with Gasteiger partial charge in [-0.15, -0.1) is 0 Å². The number of nitrogens with zero attached hydrogens (tertiary/aromatic N) is 4. The van der Waals surface area contributed by atoms with Gasteiger partial charge in [0.15, 0.2) is 0 Å². The maximum atomic E-state index is 12.6. The third-order valence-corrected chi connectivity index (χ3v) is 4.22. The summed E-state index contributed by atoms with van der Waals surface area (Å²) >= 11 is 0. The molecule has 0 saturated carbocycles. The van der Waals surface area contributed by atoms with Crippen LogP contribution in [-0.4, -0.2) is 51.4 Å². The number of aryl methyl sites for hydroxylation is 1. The van der Waals surface area contributed by atoms with E-state index in [4.69, 9.17) is 0 Å². The lowest BCUT2D eigenvalue weighted by Gasteiger charge is -2.39. The lowest BCUT2D eigenvalue weighted by Crippen LogP contribution is -2.53. The van der Waals surface area contributed by atoms with E-state index in [9.17, 15) is 4.79 Å². The molecule has 1 saturated heterocycles. The molecule has 3 rings (SSSR count). The monoisotopic (exact) mass is 310 g/mol. The molecule has 0 radical (unpaired) electrons. The number of hydrogen-bond donors (Lipinski definition) is 0. The van der Waals surface area contributed by atoms with Gasteiger partial charge in [0.25, 0.3) is 5.91 Å². The van der Waals surface area contributed by atoms with Crippen molar-refractivity contribution < 1.29 is 4.79 Å². The molecule has 1 fully saturated rings. The third kappa shape index (κ3) is 3.74. The minimum Gasteiger partial charge on any atom is -0.332 e. The van der Waals surface area contributed by atoms with Crippen molar-refractivity contribution in [2.45, 2.75) is 26.4 Å². The van der Waals surface area contributed by atoms with E-state index in [-0.39, 0.29) is 11.9 Å². The van der Waals surface area contributed by atoms with Crippen LogP contribution in [0.2, 0.25) is 0 Å². The molecule has 5 nitrogen and oxygen atoms in total. The number of benzene rings is 1. The number of carbonyl (C=O) groups is 1. The summed E-state index contributed by atoms with van der Waals surface area (Å²) in [5, 5.41) is 0. The average Bonchev–Trinajstić information content (AvgIpc) is 2.56. The van der Waals surface area contributed by atoms with Crippen LogP contribution >= 0.6 is 0 Å². The predicted molar refractivity (Wildman–Crippen MR) is 89.0 cm³/mol. The normalized spacial score (nSPS) is 18.9. The molecule has 2 aromatic rings. The lowest BCUT2D eigenvalue weighted by molar-refractivity contribution is 0.0469. The maximum absolute atomic E-state index is 12.6. The van der Waals surface area contributed by atoms with Gasteiger partial charge in [-0.1, -0.05) is 30.3 Å². The van der Waals surface area contributed by atoms with Crippen LogP contribution in [0.3, 0.4) is 0 Å². The Morgan fingerprint density at radius 2 is 1.96 bits per heavy atom. The van der Waals surface area contributed by atoms with Gasteiger partial charge < -0.3 is 4.90 Å². The first-order chi connectivity index (χ1) is 11.1. The van der Waals surface area contributed by atoms with Gasteiger partial charge in [-0.3, -0.25) is 14.7 Å². The minimum absolute atomic E-state index is 0.0237. The van der Waals surface area contributed by atoms with Crippen molar-refractivity contribution in [3.63, 3.8) is 0 Å². The van der Waals surface area contributed by atoms with Crippen LogP contribution in [0.5, 0.6) is 0 Å². The number of rotatable bonds is 3. The van der Waals surface area contributed by atoms with Crippen LogP contribution in [0.4, 0.5) is 0 Å². The standard InChI is InChI=1S/C18H22N4O/c1-14-10-20-17(11-19-14)18(23)22-9-8-21(12-15(22)2)13-16-6-4-3-5-7-16/h3-7,10-11,15H,8-9,12-13H2,1-2H3/t15-/m1/s1. The van der Waals surface area contributed by atoms with E-state index in [0.717, 1.165) is 31.9 Å². The van der Waals surface area contributed by atoms with Crippen molar-refractivity contribution in [1.82, 2.24) is 19.8 Å². The molecule has 23 heavy (non-hydrogen) atoms. The van der Waals surface area contributed by atoms with Gasteiger partial charge in [0.1, 0.15) is 5.69 Å². The number of carbonyl (C=O) groups excluding carboxylic acids is 1. The zero-order chi connectivity index (χ0) is 16.2. The molecular formula is C18H22N4O. The van der Waals surface area contributed by atoms with Gasteiger partial charge in [0.2, 0.25) is 0 Å². The van der Waals surface area contributed by atoms with E-state index < -0.39 is 0 Å². The summed E-state index contributed by atoms with van der Waals surface area (Å²) in [6.45, 7) is 7.37. The lowest BCUT2D eigenvalue weighted by atomic mass is 10.1. The summed E-state index contributed by atoms with van der Waals surface area (Å²) in [5.74, 6) is -0.0237. The Bertz CT molecular complexity index is 656. The van der Waals surface area contributed by atoms with Crippen molar-refractivity contribution in [1.29, 1.82) is 0 Å². The molecule has 1 atom stereocenters. The van der Waals surface area contributed by atoms with Gasteiger partial charge in [-0.2, -0.15) is 0 Å². The molecular weight excluding hydrogens is 288 g/mol. The fourth-order valence-corrected chi connectivity index (χ4v) is 2.97. The first kappa shape index (κ1) is 15.6. The van der Waals surface area contributed by atoms with Crippen LogP contribution < -0.4 is 0 Å². The van der Waals surface area contributed by atoms with E-state index in [1.807, 2.05) is 17.9 Å². The van der Waals surface area contributed by atoms with E-state index >= 15 is 0 Å². The highest BCUT2D eigenvalue weighted by atomic mass is 16.2. The van der Waals surface area contributed by atoms with Crippen molar-refractivity contribution in [2.24, 2.45) is 0 Å². The maximum Gasteiger partial charge on any atom is 0.274 e. The number of piperazine rings is 1. The smallest absolute Gasteiger partial charge is 0.274 e. The average molecular weight is 310 g/mol. The van der Waals surface area contributed by atoms with Gasteiger partial charge in [0.05, 0.1) is 11.9 Å². The summed E-state index contributed by atoms with van der Waals surface area (Å²) in [7, 11) is 0. The Morgan fingerprint density at radius 1 is 1.17 bits per heavy atom. The largest absolute Gasteiger partial charge is 0.332 e. The SMILES string of the molecule is Cc1cnc(C(=O)N2CCN(Cc3ccccc3)C[C@H]2C)cn1. The highest BCUT2D eigenvalue weighted by molar-refractivity contribution is 5.92. The quantitative estimate of drug-likeness (QED) is 0.871. The minimum atomic E-state index is -0.0237. The van der Waals surface area contributed by atoms with E-state index in [1.165, 1.54) is 5.56 Å². The summed E-state index contributed by atoms with van der Waals surface area (Å²) in [6, 6.07) is 10.6. The Hall–Kier alpha value is -2.27. The molecule has 0 unspecified atom stereocenters. The molecule has 1 amide bonds. The number of aromatic nitrogens is 2. The highest BCUT2D eigenvalue weighted by Crippen LogP contribution is 2.15. The van der Waals surface area contributed by atoms with Crippen LogP contribution in [0.1, 0.15) is 28.7 Å². The summed E-state index contributed by atoms with van der Waals surface area (Å²) in [4.78, 5) is 25.3. The van der Waals surface area contributed by atoms with Crippen LogP contribution in [0, 0.1) is 6.92 Å². The van der Waals surface area contributed by atoms with Crippen LogP contribution in [0.15, 0.2) is 42.7 Å². The van der Waals surface area contributed by atoms with Crippen molar-refractivity contribution in [3.8, 4) is 0 Å². The molecule has 1 aliphatic rings.